The number of likely N-dealkylation sites (tertiary alicyclic amines) is 1. The Morgan fingerprint density at radius 1 is 1.07 bits per heavy atom. The molecular weight excluding hydrogens is 601 g/mol. The summed E-state index contributed by atoms with van der Waals surface area (Å²) in [5.74, 6) is -0.521. The van der Waals surface area contributed by atoms with Gasteiger partial charge in [0.25, 0.3) is 5.91 Å². The smallest absolute Gasteiger partial charge is 0.340 e. The van der Waals surface area contributed by atoms with Crippen LogP contribution in [0, 0.1) is 29.1 Å². The van der Waals surface area contributed by atoms with Crippen LogP contribution in [0.15, 0.2) is 24.3 Å². The molecule has 1 saturated carbocycles. The van der Waals surface area contributed by atoms with Crippen molar-refractivity contribution in [3.05, 3.63) is 34.7 Å². The Kier molecular flexibility index (Phi) is 7.86. The van der Waals surface area contributed by atoms with Crippen LogP contribution in [0.25, 0.3) is 10.1 Å². The summed E-state index contributed by atoms with van der Waals surface area (Å²) < 4.78 is 40.3. The van der Waals surface area contributed by atoms with Crippen molar-refractivity contribution in [1.82, 2.24) is 15.1 Å². The number of nitriles is 1. The Morgan fingerprint density at radius 3 is 2.51 bits per heavy atom. The number of hydrogen-bond acceptors (Lipinski definition) is 6. The number of alkyl halides is 2. The van der Waals surface area contributed by atoms with Gasteiger partial charge < -0.3 is 24.9 Å². The van der Waals surface area contributed by atoms with E-state index >= 15 is 0 Å². The number of halogens is 2. The van der Waals surface area contributed by atoms with Crippen molar-refractivity contribution in [2.45, 2.75) is 75.2 Å². The minimum Gasteiger partial charge on any atom is -0.340 e. The zero-order chi connectivity index (χ0) is 30.7. The standard InChI is InChI=1S/C29H33F2N4O6PS/c30-29(31,42(39,40)41)19-7-10-24-17(11-19)12-25(43-24)26(36)33-22-4-2-1-3-20-8-9-23(35(20)27(22)37)28(38)34-14-18(13-32)21(15-34)16-5-6-16/h7,10-12,16,18,20-23H,1-6,8-9,14-15H2,(H,33,36)(H2,39,40,41)/t18-,20+,21+,22+,23+/m1/s1. The maximum absolute atomic E-state index is 14.2. The normalized spacial score (nSPS) is 28.3. The molecule has 14 heteroatoms. The summed E-state index contributed by atoms with van der Waals surface area (Å²) in [7, 11) is -5.75. The van der Waals surface area contributed by atoms with Crippen LogP contribution in [0.4, 0.5) is 8.78 Å². The molecule has 3 amide bonds. The van der Waals surface area contributed by atoms with Gasteiger partial charge in [0.15, 0.2) is 0 Å². The van der Waals surface area contributed by atoms with Gasteiger partial charge in [0, 0.05) is 29.4 Å². The highest BCUT2D eigenvalue weighted by Gasteiger charge is 2.51. The van der Waals surface area contributed by atoms with E-state index in [-0.39, 0.29) is 40.0 Å². The fourth-order valence-electron chi connectivity index (χ4n) is 7.01. The molecule has 6 rings (SSSR count). The molecular formula is C29H33F2N4O6PS. The van der Waals surface area contributed by atoms with E-state index in [0.29, 0.717) is 49.4 Å². The summed E-state index contributed by atoms with van der Waals surface area (Å²) in [6, 6.07) is 5.29. The molecule has 4 heterocycles. The molecule has 230 valence electrons. The molecule has 1 aliphatic carbocycles. The van der Waals surface area contributed by atoms with Gasteiger partial charge in [-0.1, -0.05) is 18.9 Å². The lowest BCUT2D eigenvalue weighted by Crippen LogP contribution is -2.56. The van der Waals surface area contributed by atoms with Crippen LogP contribution in [0.2, 0.25) is 0 Å². The first-order valence-electron chi connectivity index (χ1n) is 14.7. The third-order valence-corrected chi connectivity index (χ3v) is 11.6. The highest BCUT2D eigenvalue weighted by molar-refractivity contribution is 7.52. The molecule has 4 aliphatic rings. The summed E-state index contributed by atoms with van der Waals surface area (Å²) >= 11 is 1.02. The summed E-state index contributed by atoms with van der Waals surface area (Å²) in [4.78, 5) is 62.7. The molecule has 0 radical (unpaired) electrons. The van der Waals surface area contributed by atoms with Crippen LogP contribution in [-0.4, -0.2) is 68.5 Å². The van der Waals surface area contributed by atoms with Gasteiger partial charge in [-0.05, 0) is 73.9 Å². The molecule has 0 unspecified atom stereocenters. The molecule has 2 aromatic rings. The summed E-state index contributed by atoms with van der Waals surface area (Å²) in [5, 5.41) is 12.7. The molecule has 43 heavy (non-hydrogen) atoms. The molecule has 1 aromatic carbocycles. The van der Waals surface area contributed by atoms with Crippen molar-refractivity contribution in [2.75, 3.05) is 13.1 Å². The molecule has 10 nitrogen and oxygen atoms in total. The van der Waals surface area contributed by atoms with Crippen LogP contribution < -0.4 is 5.32 Å². The summed E-state index contributed by atoms with van der Waals surface area (Å²) in [6.45, 7) is 0.923. The SMILES string of the molecule is N#C[C@@H]1CN(C(=O)[C@@H]2CC[C@@H]3CCCC[C@H](NC(=O)c4cc5cc(C(F)(F)P(=O)(O)O)ccc5s4)C(=O)N32)C[C@H]1C1CC1. The van der Waals surface area contributed by atoms with E-state index in [4.69, 9.17) is 9.79 Å². The Bertz CT molecular complexity index is 1550. The van der Waals surface area contributed by atoms with Crippen LogP contribution in [0.5, 0.6) is 0 Å². The van der Waals surface area contributed by atoms with Gasteiger partial charge in [-0.3, -0.25) is 18.9 Å². The largest absolute Gasteiger partial charge is 0.399 e. The van der Waals surface area contributed by atoms with Gasteiger partial charge in [0.05, 0.1) is 16.9 Å². The van der Waals surface area contributed by atoms with Gasteiger partial charge in [-0.2, -0.15) is 14.0 Å². The van der Waals surface area contributed by atoms with Gasteiger partial charge >= 0.3 is 13.3 Å². The first-order chi connectivity index (χ1) is 20.4. The zero-order valence-electron chi connectivity index (χ0n) is 23.3. The quantitative estimate of drug-likeness (QED) is 0.404. The lowest BCUT2D eigenvalue weighted by atomic mass is 9.93. The highest BCUT2D eigenvalue weighted by atomic mass is 32.1. The van der Waals surface area contributed by atoms with Crippen molar-refractivity contribution in [2.24, 2.45) is 17.8 Å². The second-order valence-electron chi connectivity index (χ2n) is 12.2. The number of rotatable bonds is 6. The van der Waals surface area contributed by atoms with Crippen LogP contribution in [0.3, 0.4) is 0 Å². The van der Waals surface area contributed by atoms with Crippen molar-refractivity contribution in [1.29, 1.82) is 5.26 Å². The Balaban J connectivity index is 1.19. The summed E-state index contributed by atoms with van der Waals surface area (Å²) in [6.07, 6.45) is 6.13. The molecule has 5 atom stereocenters. The predicted octanol–water partition coefficient (Wildman–Crippen LogP) is 4.17. The molecule has 1 aromatic heterocycles. The minimum absolute atomic E-state index is 0.104. The first-order valence-corrected chi connectivity index (χ1v) is 17.1. The van der Waals surface area contributed by atoms with Crippen LogP contribution in [-0.2, 0) is 19.8 Å². The van der Waals surface area contributed by atoms with Gasteiger partial charge in [0.2, 0.25) is 11.8 Å². The minimum atomic E-state index is -5.75. The van der Waals surface area contributed by atoms with Crippen LogP contribution >= 0.6 is 18.9 Å². The van der Waals surface area contributed by atoms with Crippen molar-refractivity contribution >= 4 is 46.7 Å². The number of carbonyl (C=O) groups is 3. The van der Waals surface area contributed by atoms with E-state index in [0.717, 1.165) is 49.2 Å². The number of carbonyl (C=O) groups excluding carboxylic acids is 3. The maximum atomic E-state index is 14.2. The average molecular weight is 635 g/mol. The van der Waals surface area contributed by atoms with E-state index in [1.54, 1.807) is 9.80 Å². The molecule has 4 fully saturated rings. The van der Waals surface area contributed by atoms with Crippen molar-refractivity contribution in [3.8, 4) is 6.07 Å². The zero-order valence-corrected chi connectivity index (χ0v) is 25.0. The topological polar surface area (TPSA) is 151 Å². The lowest BCUT2D eigenvalue weighted by molar-refractivity contribution is -0.146. The van der Waals surface area contributed by atoms with E-state index in [1.807, 2.05) is 0 Å². The monoisotopic (exact) mass is 634 g/mol. The van der Waals surface area contributed by atoms with E-state index in [9.17, 15) is 33.0 Å². The van der Waals surface area contributed by atoms with E-state index in [1.165, 1.54) is 12.1 Å². The van der Waals surface area contributed by atoms with Gasteiger partial charge in [0.1, 0.15) is 12.1 Å². The fourth-order valence-corrected chi connectivity index (χ4v) is 8.43. The molecule has 3 aliphatic heterocycles. The Labute approximate surface area is 251 Å². The third-order valence-electron chi connectivity index (χ3n) is 9.45. The number of fused-ring (bicyclic) bond motifs is 2. The predicted molar refractivity (Wildman–Crippen MR) is 153 cm³/mol. The average Bonchev–Trinajstić information content (AvgIpc) is 3.38. The Hall–Kier alpha value is -2.91. The van der Waals surface area contributed by atoms with Gasteiger partial charge in [-0.25, -0.2) is 0 Å². The maximum Gasteiger partial charge on any atom is 0.399 e. The number of amides is 3. The lowest BCUT2D eigenvalue weighted by Gasteiger charge is -2.36. The fraction of sp³-hybridized carbons (Fsp3) is 0.586. The Morgan fingerprint density at radius 2 is 1.81 bits per heavy atom. The highest BCUT2D eigenvalue weighted by Crippen LogP contribution is 2.59. The third kappa shape index (κ3) is 5.59. The van der Waals surface area contributed by atoms with E-state index < -0.39 is 36.8 Å². The first kappa shape index (κ1) is 30.1. The van der Waals surface area contributed by atoms with Crippen molar-refractivity contribution in [3.63, 3.8) is 0 Å². The number of benzene rings is 1. The number of nitrogens with one attached hydrogen (secondary N) is 1. The van der Waals surface area contributed by atoms with Gasteiger partial charge in [-0.15, -0.1) is 11.3 Å². The number of thiophene rings is 1. The van der Waals surface area contributed by atoms with Crippen LogP contribution in [0.1, 0.15) is 66.6 Å². The molecule has 0 bridgehead atoms. The number of hydrogen-bond donors (Lipinski definition) is 3. The molecule has 0 spiro atoms. The second-order valence-corrected chi connectivity index (χ2v) is 15.0. The van der Waals surface area contributed by atoms with E-state index in [2.05, 4.69) is 11.4 Å². The summed E-state index contributed by atoms with van der Waals surface area (Å²) in [5.41, 5.74) is -5.23. The number of nitrogens with zero attached hydrogens (tertiary/aromatic N) is 3. The molecule has 3 N–H and O–H groups in total. The molecule has 3 saturated heterocycles. The second kappa shape index (κ2) is 11.2. The van der Waals surface area contributed by atoms with Crippen molar-refractivity contribution < 1.29 is 37.5 Å².